The maximum atomic E-state index is 11.6. The average molecular weight is 387 g/mol. The first-order chi connectivity index (χ1) is 13.0. The predicted molar refractivity (Wildman–Crippen MR) is 106 cm³/mol. The van der Waals surface area contributed by atoms with Gasteiger partial charge in [0.2, 0.25) is 15.9 Å². The smallest absolute Gasteiger partial charge is 0.232 e. The predicted octanol–water partition coefficient (Wildman–Crippen LogP) is 3.38. The average Bonchev–Trinajstić information content (AvgIpc) is 3.11. The third-order valence-corrected chi connectivity index (χ3v) is 5.03. The van der Waals surface area contributed by atoms with E-state index in [1.807, 2.05) is 31.2 Å². The van der Waals surface area contributed by atoms with Gasteiger partial charge in [0, 0.05) is 29.7 Å². The van der Waals surface area contributed by atoms with Gasteiger partial charge in [-0.2, -0.15) is 5.10 Å². The number of H-pyrrole nitrogens is 1. The molecule has 2 aromatic heterocycles. The van der Waals surface area contributed by atoms with Crippen molar-refractivity contribution >= 4 is 27.2 Å². The Kier molecular flexibility index (Phi) is 5.60. The summed E-state index contributed by atoms with van der Waals surface area (Å²) in [6.07, 6.45) is 1.66. The van der Waals surface area contributed by atoms with Gasteiger partial charge in [-0.15, -0.1) is 0 Å². The summed E-state index contributed by atoms with van der Waals surface area (Å²) in [4.78, 5) is 4.12. The summed E-state index contributed by atoms with van der Waals surface area (Å²) < 4.78 is 31.1. The van der Waals surface area contributed by atoms with Crippen LogP contribution in [0.1, 0.15) is 13.8 Å². The SMILES string of the molecule is CCOc1cc(Nc2cc(-c3ccc(NS(=O)(=O)CC)cc3)[nH]n2)ccn1. The first-order valence-electron chi connectivity index (χ1n) is 8.51. The molecule has 0 aliphatic carbocycles. The number of sulfonamides is 1. The summed E-state index contributed by atoms with van der Waals surface area (Å²) >= 11 is 0. The Balaban J connectivity index is 1.71. The molecule has 0 amide bonds. The van der Waals surface area contributed by atoms with Crippen molar-refractivity contribution < 1.29 is 13.2 Å². The lowest BCUT2D eigenvalue weighted by Gasteiger charge is -2.06. The summed E-state index contributed by atoms with van der Waals surface area (Å²) in [7, 11) is -3.28. The van der Waals surface area contributed by atoms with E-state index in [1.165, 1.54) is 0 Å². The molecule has 0 saturated heterocycles. The molecule has 27 heavy (non-hydrogen) atoms. The van der Waals surface area contributed by atoms with Gasteiger partial charge in [0.05, 0.1) is 18.1 Å². The van der Waals surface area contributed by atoms with Crippen molar-refractivity contribution in [3.05, 3.63) is 48.7 Å². The molecule has 2 heterocycles. The van der Waals surface area contributed by atoms with Gasteiger partial charge in [0.1, 0.15) is 0 Å². The fourth-order valence-electron chi connectivity index (χ4n) is 2.37. The van der Waals surface area contributed by atoms with E-state index in [-0.39, 0.29) is 5.75 Å². The van der Waals surface area contributed by atoms with Crippen molar-refractivity contribution in [3.63, 3.8) is 0 Å². The third kappa shape index (κ3) is 4.98. The Hall–Kier alpha value is -3.07. The van der Waals surface area contributed by atoms with Crippen molar-refractivity contribution in [3.8, 4) is 17.1 Å². The molecule has 9 heteroatoms. The topological polar surface area (TPSA) is 109 Å². The minimum Gasteiger partial charge on any atom is -0.478 e. The lowest BCUT2D eigenvalue weighted by molar-refractivity contribution is 0.327. The lowest BCUT2D eigenvalue weighted by Crippen LogP contribution is -2.14. The van der Waals surface area contributed by atoms with E-state index in [0.29, 0.717) is 24.0 Å². The van der Waals surface area contributed by atoms with Crippen LogP contribution in [-0.2, 0) is 10.0 Å². The molecule has 142 valence electrons. The lowest BCUT2D eigenvalue weighted by atomic mass is 10.1. The van der Waals surface area contributed by atoms with Gasteiger partial charge in [-0.05, 0) is 37.6 Å². The zero-order chi connectivity index (χ0) is 19.3. The maximum absolute atomic E-state index is 11.6. The van der Waals surface area contributed by atoms with E-state index >= 15 is 0 Å². The van der Waals surface area contributed by atoms with Crippen molar-refractivity contribution in [2.45, 2.75) is 13.8 Å². The summed E-state index contributed by atoms with van der Waals surface area (Å²) in [6, 6.07) is 12.6. The van der Waals surface area contributed by atoms with Crippen LogP contribution in [0, 0.1) is 0 Å². The molecular weight excluding hydrogens is 366 g/mol. The number of benzene rings is 1. The Morgan fingerprint density at radius 1 is 1.07 bits per heavy atom. The molecule has 3 N–H and O–H groups in total. The number of aromatic amines is 1. The molecule has 3 aromatic rings. The van der Waals surface area contributed by atoms with Crippen molar-refractivity contribution in [2.24, 2.45) is 0 Å². The van der Waals surface area contributed by atoms with Crippen LogP contribution in [0.2, 0.25) is 0 Å². The van der Waals surface area contributed by atoms with Crippen molar-refractivity contribution in [2.75, 3.05) is 22.4 Å². The highest BCUT2D eigenvalue weighted by Gasteiger charge is 2.08. The quantitative estimate of drug-likeness (QED) is 0.547. The number of nitrogens with one attached hydrogen (secondary N) is 3. The molecule has 0 spiro atoms. The van der Waals surface area contributed by atoms with Crippen LogP contribution in [0.3, 0.4) is 0 Å². The molecule has 0 radical (unpaired) electrons. The molecule has 0 bridgehead atoms. The second kappa shape index (κ2) is 8.09. The number of hydrogen-bond donors (Lipinski definition) is 3. The first kappa shape index (κ1) is 18.7. The van der Waals surface area contributed by atoms with Crippen LogP contribution >= 0.6 is 0 Å². The molecule has 0 unspecified atom stereocenters. The summed E-state index contributed by atoms with van der Waals surface area (Å²) in [5.41, 5.74) is 3.04. The second-order valence-corrected chi connectivity index (χ2v) is 7.70. The van der Waals surface area contributed by atoms with Crippen LogP contribution in [-0.4, -0.2) is 36.0 Å². The van der Waals surface area contributed by atoms with Gasteiger partial charge in [0.25, 0.3) is 0 Å². The summed E-state index contributed by atoms with van der Waals surface area (Å²) in [5, 5.41) is 10.4. The highest BCUT2D eigenvalue weighted by Crippen LogP contribution is 2.24. The molecule has 3 rings (SSSR count). The van der Waals surface area contributed by atoms with Crippen molar-refractivity contribution in [1.82, 2.24) is 15.2 Å². The molecular formula is C18H21N5O3S. The van der Waals surface area contributed by atoms with Gasteiger partial charge in [0.15, 0.2) is 5.82 Å². The molecule has 8 nitrogen and oxygen atoms in total. The summed E-state index contributed by atoms with van der Waals surface area (Å²) in [5.74, 6) is 1.22. The van der Waals surface area contributed by atoms with Crippen LogP contribution in [0.15, 0.2) is 48.7 Å². The van der Waals surface area contributed by atoms with E-state index in [2.05, 4.69) is 25.2 Å². The van der Waals surface area contributed by atoms with Crippen molar-refractivity contribution in [1.29, 1.82) is 0 Å². The number of pyridine rings is 1. The normalized spacial score (nSPS) is 11.2. The van der Waals surface area contributed by atoms with Gasteiger partial charge in [-0.1, -0.05) is 12.1 Å². The van der Waals surface area contributed by atoms with E-state index in [9.17, 15) is 8.42 Å². The van der Waals surface area contributed by atoms with Crippen LogP contribution in [0.25, 0.3) is 11.3 Å². The second-order valence-electron chi connectivity index (χ2n) is 5.69. The van der Waals surface area contributed by atoms with Crippen LogP contribution in [0.5, 0.6) is 5.88 Å². The Labute approximate surface area is 158 Å². The highest BCUT2D eigenvalue weighted by molar-refractivity contribution is 7.92. The Morgan fingerprint density at radius 2 is 1.85 bits per heavy atom. The number of aromatic nitrogens is 3. The Morgan fingerprint density at radius 3 is 2.56 bits per heavy atom. The zero-order valence-corrected chi connectivity index (χ0v) is 15.9. The fourth-order valence-corrected chi connectivity index (χ4v) is 3.00. The maximum Gasteiger partial charge on any atom is 0.232 e. The van der Waals surface area contributed by atoms with Crippen LogP contribution in [0.4, 0.5) is 17.2 Å². The number of hydrogen-bond acceptors (Lipinski definition) is 6. The molecule has 0 fully saturated rings. The third-order valence-electron chi connectivity index (χ3n) is 3.73. The van der Waals surface area contributed by atoms with Gasteiger partial charge in [-0.25, -0.2) is 13.4 Å². The largest absolute Gasteiger partial charge is 0.478 e. The van der Waals surface area contributed by atoms with Gasteiger partial charge < -0.3 is 10.1 Å². The van der Waals surface area contributed by atoms with E-state index < -0.39 is 10.0 Å². The molecule has 0 saturated carbocycles. The minimum atomic E-state index is -3.28. The van der Waals surface area contributed by atoms with Crippen LogP contribution < -0.4 is 14.8 Å². The van der Waals surface area contributed by atoms with E-state index in [4.69, 9.17) is 4.74 Å². The Bertz CT molecular complexity index is 1000. The monoisotopic (exact) mass is 387 g/mol. The van der Waals surface area contributed by atoms with Gasteiger partial charge >= 0.3 is 0 Å². The molecule has 1 aromatic carbocycles. The minimum absolute atomic E-state index is 0.0321. The zero-order valence-electron chi connectivity index (χ0n) is 15.1. The number of rotatable bonds is 8. The first-order valence-corrected chi connectivity index (χ1v) is 10.2. The highest BCUT2D eigenvalue weighted by atomic mass is 32.2. The van der Waals surface area contributed by atoms with Gasteiger partial charge in [-0.3, -0.25) is 9.82 Å². The number of anilines is 3. The summed E-state index contributed by atoms with van der Waals surface area (Å²) in [6.45, 7) is 4.05. The number of nitrogens with zero attached hydrogens (tertiary/aromatic N) is 2. The van der Waals surface area contributed by atoms with E-state index in [0.717, 1.165) is 16.9 Å². The fraction of sp³-hybridized carbons (Fsp3) is 0.222. The molecule has 0 aliphatic heterocycles. The molecule has 0 aliphatic rings. The number of ether oxygens (including phenoxy) is 1. The van der Waals surface area contributed by atoms with E-state index in [1.54, 1.807) is 31.3 Å². The molecule has 0 atom stereocenters. The standard InChI is InChI=1S/C18H21N5O3S/c1-3-26-18-11-15(9-10-19-18)20-17-12-16(21-22-17)13-5-7-14(8-6-13)23-27(24,25)4-2/h5-12,23H,3-4H2,1-2H3,(H2,19,20,21,22).